The highest BCUT2D eigenvalue weighted by Gasteiger charge is 2.31. The van der Waals surface area contributed by atoms with E-state index >= 15 is 0 Å². The Morgan fingerprint density at radius 2 is 1.95 bits per heavy atom. The Morgan fingerprint density at radius 1 is 1.26 bits per heavy atom. The van der Waals surface area contributed by atoms with Crippen LogP contribution in [0.3, 0.4) is 0 Å². The molecule has 1 aromatic carbocycles. The van der Waals surface area contributed by atoms with Crippen LogP contribution in [0.15, 0.2) is 18.2 Å². The second-order valence-electron chi connectivity index (χ2n) is 4.51. The first-order valence-electron chi connectivity index (χ1n) is 5.74. The van der Waals surface area contributed by atoms with Crippen LogP contribution in [0.1, 0.15) is 5.56 Å². The first kappa shape index (κ1) is 13.5. The fourth-order valence-electron chi connectivity index (χ4n) is 1.98. The largest absolute Gasteiger partial charge is 0.416 e. The van der Waals surface area contributed by atoms with Crippen molar-refractivity contribution in [1.29, 1.82) is 0 Å². The van der Waals surface area contributed by atoms with Crippen molar-refractivity contribution in [2.24, 2.45) is 0 Å². The number of nitrogen functional groups attached to an aromatic ring is 1. The number of nitrogens with zero attached hydrogens (tertiary/aromatic N) is 2. The molecular weight excluding hydrogens is 259 g/mol. The van der Waals surface area contributed by atoms with Gasteiger partial charge < -0.3 is 15.5 Å². The lowest BCUT2D eigenvalue weighted by atomic mass is 10.1. The zero-order chi connectivity index (χ0) is 14.2. The van der Waals surface area contributed by atoms with Crippen molar-refractivity contribution < 1.29 is 18.0 Å². The summed E-state index contributed by atoms with van der Waals surface area (Å²) in [6, 6.07) is 3.20. The van der Waals surface area contributed by atoms with Gasteiger partial charge in [-0.05, 0) is 18.2 Å². The van der Waals surface area contributed by atoms with Crippen molar-refractivity contribution in [3.8, 4) is 0 Å². The summed E-state index contributed by atoms with van der Waals surface area (Å²) in [4.78, 5) is 14.9. The first-order chi connectivity index (χ1) is 8.79. The van der Waals surface area contributed by atoms with E-state index in [1.165, 1.54) is 6.07 Å². The molecule has 0 saturated carbocycles. The number of carbonyl (C=O) groups is 1. The molecule has 0 aliphatic carbocycles. The van der Waals surface area contributed by atoms with E-state index in [1.807, 2.05) is 0 Å². The molecule has 1 amide bonds. The summed E-state index contributed by atoms with van der Waals surface area (Å²) in [5.74, 6) is -0.0782. The average Bonchev–Trinajstić information content (AvgIpc) is 2.31. The molecule has 7 heteroatoms. The number of halogens is 3. The van der Waals surface area contributed by atoms with Crippen LogP contribution in [0.25, 0.3) is 0 Å². The van der Waals surface area contributed by atoms with E-state index in [0.717, 1.165) is 12.1 Å². The van der Waals surface area contributed by atoms with Crippen molar-refractivity contribution in [2.45, 2.75) is 6.18 Å². The number of amides is 1. The smallest absolute Gasteiger partial charge is 0.397 e. The molecule has 2 N–H and O–H groups in total. The molecule has 0 radical (unpaired) electrons. The van der Waals surface area contributed by atoms with Gasteiger partial charge in [-0.15, -0.1) is 0 Å². The van der Waals surface area contributed by atoms with Crippen molar-refractivity contribution in [3.63, 3.8) is 0 Å². The van der Waals surface area contributed by atoms with Crippen molar-refractivity contribution in [2.75, 3.05) is 37.3 Å². The third-order valence-electron chi connectivity index (χ3n) is 3.15. The maximum absolute atomic E-state index is 12.5. The van der Waals surface area contributed by atoms with Crippen molar-refractivity contribution in [3.05, 3.63) is 23.8 Å². The number of likely N-dealkylation sites (N-methyl/N-ethyl adjacent to an activating group) is 1. The summed E-state index contributed by atoms with van der Waals surface area (Å²) in [5.41, 5.74) is 5.38. The zero-order valence-electron chi connectivity index (χ0n) is 10.4. The predicted octanol–water partition coefficient (Wildman–Crippen LogP) is 1.57. The number of rotatable bonds is 1. The number of alkyl halides is 3. The van der Waals surface area contributed by atoms with Crippen LogP contribution in [0.2, 0.25) is 0 Å². The summed E-state index contributed by atoms with van der Waals surface area (Å²) < 4.78 is 37.6. The molecule has 0 spiro atoms. The van der Waals surface area contributed by atoms with Gasteiger partial charge >= 0.3 is 6.18 Å². The normalized spacial score (nSPS) is 16.9. The Morgan fingerprint density at radius 3 is 2.47 bits per heavy atom. The van der Waals surface area contributed by atoms with Gasteiger partial charge in [0.05, 0.1) is 23.5 Å². The number of piperazine rings is 1. The molecule has 0 atom stereocenters. The van der Waals surface area contributed by atoms with Gasteiger partial charge in [0.15, 0.2) is 0 Å². The molecule has 1 heterocycles. The number of anilines is 2. The van der Waals surface area contributed by atoms with E-state index in [9.17, 15) is 18.0 Å². The van der Waals surface area contributed by atoms with Crippen LogP contribution in [0.4, 0.5) is 24.5 Å². The molecular formula is C12H14F3N3O. The van der Waals surface area contributed by atoms with Crippen LogP contribution in [-0.4, -0.2) is 37.5 Å². The monoisotopic (exact) mass is 273 g/mol. The molecule has 104 valence electrons. The van der Waals surface area contributed by atoms with Gasteiger partial charge in [0, 0.05) is 20.1 Å². The molecule has 0 bridgehead atoms. The van der Waals surface area contributed by atoms with Gasteiger partial charge in [0.2, 0.25) is 5.91 Å². The van der Waals surface area contributed by atoms with Crippen LogP contribution in [0, 0.1) is 0 Å². The van der Waals surface area contributed by atoms with Crippen LogP contribution in [0.5, 0.6) is 0 Å². The van der Waals surface area contributed by atoms with Gasteiger partial charge in [-0.2, -0.15) is 13.2 Å². The third-order valence-corrected chi connectivity index (χ3v) is 3.15. The average molecular weight is 273 g/mol. The topological polar surface area (TPSA) is 49.6 Å². The predicted molar refractivity (Wildman–Crippen MR) is 65.7 cm³/mol. The highest BCUT2D eigenvalue weighted by atomic mass is 19.4. The summed E-state index contributed by atoms with van der Waals surface area (Å²) in [7, 11) is 1.69. The van der Waals surface area contributed by atoms with E-state index < -0.39 is 11.7 Å². The molecule has 1 aliphatic rings. The molecule has 4 nitrogen and oxygen atoms in total. The Bertz CT molecular complexity index is 501. The number of nitrogens with two attached hydrogens (primary N) is 1. The fraction of sp³-hybridized carbons (Fsp3) is 0.417. The summed E-state index contributed by atoms with van der Waals surface area (Å²) in [6.07, 6.45) is -4.41. The van der Waals surface area contributed by atoms with E-state index in [0.29, 0.717) is 18.8 Å². The Kier molecular flexibility index (Phi) is 3.30. The fourth-order valence-corrected chi connectivity index (χ4v) is 1.98. The number of hydrogen-bond acceptors (Lipinski definition) is 3. The second kappa shape index (κ2) is 4.64. The van der Waals surface area contributed by atoms with E-state index in [-0.39, 0.29) is 18.1 Å². The molecule has 0 unspecified atom stereocenters. The SMILES string of the molecule is CN1CCN(c2ccc(C(F)(F)F)cc2N)CC1=O. The van der Waals surface area contributed by atoms with E-state index in [1.54, 1.807) is 16.8 Å². The van der Waals surface area contributed by atoms with Gasteiger partial charge in [-0.25, -0.2) is 0 Å². The minimum atomic E-state index is -4.41. The van der Waals surface area contributed by atoms with Crippen molar-refractivity contribution in [1.82, 2.24) is 4.90 Å². The van der Waals surface area contributed by atoms with Crippen LogP contribution < -0.4 is 10.6 Å². The molecule has 1 aromatic rings. The number of carbonyl (C=O) groups excluding carboxylic acids is 1. The highest BCUT2D eigenvalue weighted by molar-refractivity contribution is 5.84. The Hall–Kier alpha value is -1.92. The van der Waals surface area contributed by atoms with Crippen LogP contribution >= 0.6 is 0 Å². The molecule has 1 saturated heterocycles. The molecule has 0 aromatic heterocycles. The van der Waals surface area contributed by atoms with E-state index in [4.69, 9.17) is 5.73 Å². The minimum Gasteiger partial charge on any atom is -0.397 e. The zero-order valence-corrected chi connectivity index (χ0v) is 10.4. The highest BCUT2D eigenvalue weighted by Crippen LogP contribution is 2.34. The number of benzene rings is 1. The first-order valence-corrected chi connectivity index (χ1v) is 5.74. The van der Waals surface area contributed by atoms with Crippen LogP contribution in [-0.2, 0) is 11.0 Å². The van der Waals surface area contributed by atoms with E-state index in [2.05, 4.69) is 0 Å². The summed E-state index contributed by atoms with van der Waals surface area (Å²) >= 11 is 0. The summed E-state index contributed by atoms with van der Waals surface area (Å²) in [6.45, 7) is 1.21. The number of hydrogen-bond donors (Lipinski definition) is 1. The lowest BCUT2D eigenvalue weighted by Gasteiger charge is -2.34. The van der Waals surface area contributed by atoms with Gasteiger partial charge in [0.1, 0.15) is 0 Å². The van der Waals surface area contributed by atoms with Gasteiger partial charge in [0.25, 0.3) is 0 Å². The lowest BCUT2D eigenvalue weighted by Crippen LogP contribution is -2.48. The molecule has 1 fully saturated rings. The second-order valence-corrected chi connectivity index (χ2v) is 4.51. The summed E-state index contributed by atoms with van der Waals surface area (Å²) in [5, 5.41) is 0. The Labute approximate surface area is 108 Å². The minimum absolute atomic E-state index is 0.0344. The quantitative estimate of drug-likeness (QED) is 0.790. The standard InChI is InChI=1S/C12H14F3N3O/c1-17-4-5-18(7-11(17)19)10-3-2-8(6-9(10)16)12(13,14)15/h2-3,6H,4-5,7,16H2,1H3. The third kappa shape index (κ3) is 2.74. The maximum Gasteiger partial charge on any atom is 0.416 e. The molecule has 19 heavy (non-hydrogen) atoms. The van der Waals surface area contributed by atoms with Gasteiger partial charge in [-0.1, -0.05) is 0 Å². The molecule has 1 aliphatic heterocycles. The lowest BCUT2D eigenvalue weighted by molar-refractivity contribution is -0.137. The maximum atomic E-state index is 12.5. The van der Waals surface area contributed by atoms with Gasteiger partial charge in [-0.3, -0.25) is 4.79 Å². The van der Waals surface area contributed by atoms with Crippen molar-refractivity contribution >= 4 is 17.3 Å². The molecule has 2 rings (SSSR count). The Balaban J connectivity index is 2.25.